The van der Waals surface area contributed by atoms with Gasteiger partial charge in [0.05, 0.1) is 46.1 Å². The zero-order valence-electron chi connectivity index (χ0n) is 39.6. The molecule has 2 N–H and O–H groups in total. The van der Waals surface area contributed by atoms with Gasteiger partial charge in [-0.15, -0.1) is 0 Å². The highest BCUT2D eigenvalue weighted by molar-refractivity contribution is 9.10. The molecule has 0 amide bonds. The summed E-state index contributed by atoms with van der Waals surface area (Å²) in [7, 11) is 5.73. The third-order valence-electron chi connectivity index (χ3n) is 12.4. The van der Waals surface area contributed by atoms with Crippen LogP contribution in [0.4, 0.5) is 11.4 Å². The fourth-order valence-corrected chi connectivity index (χ4v) is 9.82. The number of para-hydroxylation sites is 2. The van der Waals surface area contributed by atoms with Gasteiger partial charge < -0.3 is 24.6 Å². The molecule has 0 unspecified atom stereocenters. The fourth-order valence-electron chi connectivity index (χ4n) is 9.19. The SMILES string of the molecule is CC(C)N=c1cc2n(-c3ccc(Cl)cc3)c3ccccc3nc-2cc1Nc1ccc(Cl)cc1.COc1nc2ccc(Br)cc2cc1[C@@H](c1ccccc1)[C@@](O)(CCN(C)C)c1cccc2ccccc12. The van der Waals surface area contributed by atoms with Crippen LogP contribution in [0.3, 0.4) is 0 Å². The number of halogens is 3. The van der Waals surface area contributed by atoms with Crippen molar-refractivity contribution in [3.05, 3.63) is 219 Å². The first-order valence-electron chi connectivity index (χ1n) is 23.2. The van der Waals surface area contributed by atoms with Gasteiger partial charge in [-0.3, -0.25) is 4.99 Å². The van der Waals surface area contributed by atoms with E-state index in [0.717, 1.165) is 87.7 Å². The fraction of sp³-hybridized carbons (Fsp3) is 0.169. The van der Waals surface area contributed by atoms with Crippen molar-refractivity contribution >= 4 is 83.2 Å². The zero-order valence-corrected chi connectivity index (χ0v) is 42.7. The van der Waals surface area contributed by atoms with E-state index < -0.39 is 11.5 Å². The van der Waals surface area contributed by atoms with Gasteiger partial charge in [-0.2, -0.15) is 0 Å². The van der Waals surface area contributed by atoms with Crippen molar-refractivity contribution in [3.63, 3.8) is 0 Å². The van der Waals surface area contributed by atoms with Gasteiger partial charge in [-0.05, 0) is 153 Å². The van der Waals surface area contributed by atoms with E-state index in [0.29, 0.717) is 28.9 Å². The summed E-state index contributed by atoms with van der Waals surface area (Å²) in [4.78, 5) is 16.9. The Hall–Kier alpha value is -6.59. The summed E-state index contributed by atoms with van der Waals surface area (Å²) in [6.45, 7) is 4.85. The van der Waals surface area contributed by atoms with Gasteiger partial charge >= 0.3 is 0 Å². The standard InChI is InChI=1S/C32H31BrN2O2.C27H22Cl2N4/c1-35(2)19-18-32(36,28-15-9-13-22-10-7-8-14-26(22)28)30(23-11-5-4-6-12-23)27-21-24-20-25(33)16-17-29(24)34-31(27)37-3;1-17(2)30-24-16-27-25(15-23(24)31-20-11-7-18(28)8-12-20)32-22-5-3-4-6-26(22)33(27)21-13-9-19(29)10-14-21/h4-17,20-21,30,36H,18-19H2,1-3H3;3-17,31H,1-2H3/t30-,32-;/m1./s1. The lowest BCUT2D eigenvalue weighted by Gasteiger charge is -2.39. The van der Waals surface area contributed by atoms with Crippen LogP contribution >= 0.6 is 39.1 Å². The summed E-state index contributed by atoms with van der Waals surface area (Å²) in [5.74, 6) is 0.0949. The van der Waals surface area contributed by atoms with Crippen LogP contribution in [0, 0.1) is 0 Å². The van der Waals surface area contributed by atoms with Crippen LogP contribution in [0.5, 0.6) is 5.88 Å². The predicted octanol–water partition coefficient (Wildman–Crippen LogP) is 14.6. The van der Waals surface area contributed by atoms with Gasteiger partial charge in [-0.1, -0.05) is 124 Å². The van der Waals surface area contributed by atoms with Crippen molar-refractivity contribution in [2.45, 2.75) is 37.8 Å². The molecule has 10 rings (SSSR count). The lowest BCUT2D eigenvalue weighted by molar-refractivity contribution is 0.00520. The summed E-state index contributed by atoms with van der Waals surface area (Å²) in [6, 6.07) is 60.7. The minimum absolute atomic E-state index is 0.130. The topological polar surface area (TPSA) is 87.8 Å². The Kier molecular flexibility index (Phi) is 14.7. The number of fused-ring (bicyclic) bond motifs is 4. The van der Waals surface area contributed by atoms with Gasteiger partial charge in [0, 0.05) is 55.3 Å². The lowest BCUT2D eigenvalue weighted by atomic mass is 9.70. The van der Waals surface area contributed by atoms with Gasteiger partial charge in [0.25, 0.3) is 0 Å². The maximum atomic E-state index is 13.0. The smallest absolute Gasteiger partial charge is 0.217 e. The van der Waals surface area contributed by atoms with Crippen LogP contribution in [0.1, 0.15) is 42.9 Å². The normalized spacial score (nSPS) is 13.2. The van der Waals surface area contributed by atoms with E-state index in [9.17, 15) is 5.11 Å². The van der Waals surface area contributed by atoms with E-state index in [-0.39, 0.29) is 6.04 Å². The second-order valence-corrected chi connectivity index (χ2v) is 19.7. The summed E-state index contributed by atoms with van der Waals surface area (Å²) >= 11 is 15.8. The number of aromatic nitrogens is 3. The summed E-state index contributed by atoms with van der Waals surface area (Å²) in [5.41, 5.74) is 8.95. The third-order valence-corrected chi connectivity index (χ3v) is 13.4. The molecule has 352 valence electrons. The second-order valence-electron chi connectivity index (χ2n) is 17.9. The molecule has 11 heteroatoms. The first kappa shape index (κ1) is 48.4. The molecular formula is C59H53BrCl2N6O2. The molecule has 2 heterocycles. The van der Waals surface area contributed by atoms with Crippen LogP contribution < -0.4 is 15.4 Å². The van der Waals surface area contributed by atoms with Crippen molar-refractivity contribution in [1.82, 2.24) is 19.4 Å². The molecule has 70 heavy (non-hydrogen) atoms. The molecule has 0 radical (unpaired) electrons. The van der Waals surface area contributed by atoms with Crippen molar-refractivity contribution in [2.24, 2.45) is 4.99 Å². The first-order valence-corrected chi connectivity index (χ1v) is 24.8. The minimum atomic E-state index is -1.25. The van der Waals surface area contributed by atoms with Crippen LogP contribution in [-0.2, 0) is 5.60 Å². The average Bonchev–Trinajstić information content (AvgIpc) is 3.36. The van der Waals surface area contributed by atoms with Crippen molar-refractivity contribution in [3.8, 4) is 23.0 Å². The maximum absolute atomic E-state index is 13.0. The van der Waals surface area contributed by atoms with Gasteiger partial charge in [0.15, 0.2) is 0 Å². The van der Waals surface area contributed by atoms with E-state index in [2.05, 4.69) is 111 Å². The number of hydrogen-bond acceptors (Lipinski definition) is 7. The summed E-state index contributed by atoms with van der Waals surface area (Å²) in [5, 5.41) is 21.9. The highest BCUT2D eigenvalue weighted by Gasteiger charge is 2.43. The molecule has 1 aliphatic carbocycles. The molecule has 0 saturated carbocycles. The number of pyridine rings is 1. The number of nitrogens with one attached hydrogen (secondary N) is 1. The molecule has 0 bridgehead atoms. The number of anilines is 2. The van der Waals surface area contributed by atoms with Crippen LogP contribution in [0.15, 0.2) is 191 Å². The Labute approximate surface area is 427 Å². The Morgan fingerprint density at radius 3 is 2.14 bits per heavy atom. The number of nitrogens with zero attached hydrogens (tertiary/aromatic N) is 5. The van der Waals surface area contributed by atoms with Crippen LogP contribution in [0.25, 0.3) is 49.8 Å². The number of benzene rings is 8. The lowest BCUT2D eigenvalue weighted by Crippen LogP contribution is -2.38. The first-order chi connectivity index (χ1) is 33.9. The Morgan fingerprint density at radius 2 is 1.41 bits per heavy atom. The Morgan fingerprint density at radius 1 is 0.729 bits per heavy atom. The molecule has 0 fully saturated rings. The zero-order chi connectivity index (χ0) is 48.9. The predicted molar refractivity (Wildman–Crippen MR) is 293 cm³/mol. The highest BCUT2D eigenvalue weighted by Crippen LogP contribution is 2.49. The van der Waals surface area contributed by atoms with Gasteiger partial charge in [0.2, 0.25) is 5.88 Å². The molecule has 2 aliphatic rings. The van der Waals surface area contributed by atoms with E-state index in [4.69, 9.17) is 42.9 Å². The third kappa shape index (κ3) is 10.5. The highest BCUT2D eigenvalue weighted by atomic mass is 79.9. The minimum Gasteiger partial charge on any atom is -0.481 e. The number of methoxy groups -OCH3 is 1. The van der Waals surface area contributed by atoms with Gasteiger partial charge in [-0.25, -0.2) is 9.97 Å². The quantitative estimate of drug-likeness (QED) is 0.119. The second kappa shape index (κ2) is 21.2. The molecule has 7 aromatic carbocycles. The van der Waals surface area contributed by atoms with Gasteiger partial charge in [0.1, 0.15) is 5.60 Å². The van der Waals surface area contributed by atoms with E-state index in [1.807, 2.05) is 129 Å². The van der Waals surface area contributed by atoms with Crippen molar-refractivity contribution < 1.29 is 9.84 Å². The summed E-state index contributed by atoms with van der Waals surface area (Å²) in [6.07, 6.45) is 0.521. The molecule has 0 saturated heterocycles. The van der Waals surface area contributed by atoms with E-state index >= 15 is 0 Å². The largest absolute Gasteiger partial charge is 0.481 e. The Balaban J connectivity index is 0.000000175. The number of ether oxygens (including phenoxy) is 1. The van der Waals surface area contributed by atoms with Crippen molar-refractivity contribution in [1.29, 1.82) is 0 Å². The average molecular weight is 1030 g/mol. The molecule has 2 atom stereocenters. The van der Waals surface area contributed by atoms with Crippen molar-refractivity contribution in [2.75, 3.05) is 33.1 Å². The molecule has 1 aromatic heterocycles. The summed E-state index contributed by atoms with van der Waals surface area (Å²) < 4.78 is 9.07. The van der Waals surface area contributed by atoms with E-state index in [1.54, 1.807) is 7.11 Å². The molecule has 8 nitrogen and oxygen atoms in total. The number of rotatable bonds is 12. The molecule has 0 spiro atoms. The number of aliphatic hydroxyl groups is 1. The monoisotopic (exact) mass is 1030 g/mol. The van der Waals surface area contributed by atoms with Crippen LogP contribution in [0.2, 0.25) is 10.0 Å². The number of hydrogen-bond donors (Lipinski definition) is 2. The maximum Gasteiger partial charge on any atom is 0.217 e. The Bertz CT molecular complexity index is 3470. The molecule has 8 aromatic rings. The van der Waals surface area contributed by atoms with Crippen LogP contribution in [-0.4, -0.2) is 58.3 Å². The molecular weight excluding hydrogens is 975 g/mol. The van der Waals surface area contributed by atoms with E-state index in [1.165, 1.54) is 0 Å². The molecule has 1 aliphatic heterocycles.